The molecule has 0 spiro atoms. The maximum atomic E-state index is 4.48. The highest BCUT2D eigenvalue weighted by molar-refractivity contribution is 5.98. The number of piperidine rings is 2. The number of H-pyrrole nitrogens is 2. The van der Waals surface area contributed by atoms with E-state index < -0.39 is 0 Å². The van der Waals surface area contributed by atoms with Crippen LogP contribution in [0, 0.1) is 0 Å². The Kier molecular flexibility index (Phi) is 5.47. The van der Waals surface area contributed by atoms with E-state index in [9.17, 15) is 0 Å². The van der Waals surface area contributed by atoms with Gasteiger partial charge >= 0.3 is 0 Å². The van der Waals surface area contributed by atoms with Gasteiger partial charge in [-0.1, -0.05) is 13.0 Å². The predicted molar refractivity (Wildman–Crippen MR) is 137 cm³/mol. The van der Waals surface area contributed by atoms with Crippen molar-refractivity contribution in [2.24, 2.45) is 0 Å². The van der Waals surface area contributed by atoms with Gasteiger partial charge in [0.15, 0.2) is 0 Å². The van der Waals surface area contributed by atoms with Crippen LogP contribution in [-0.2, 0) is 6.42 Å². The van der Waals surface area contributed by atoms with Crippen LogP contribution >= 0.6 is 0 Å². The molecule has 0 unspecified atom stereocenters. The minimum atomic E-state index is 0.678. The first kappa shape index (κ1) is 20.9. The lowest BCUT2D eigenvalue weighted by Gasteiger charge is -2.41. The van der Waals surface area contributed by atoms with Crippen LogP contribution in [0.25, 0.3) is 33.2 Å². The second-order valence-electron chi connectivity index (χ2n) is 10.1. The number of rotatable bonds is 4. The molecular weight excluding hydrogens is 406 g/mol. The number of aromatic nitrogens is 3. The quantitative estimate of drug-likeness (QED) is 0.437. The van der Waals surface area contributed by atoms with E-state index in [0.29, 0.717) is 5.92 Å². The highest BCUT2D eigenvalue weighted by Gasteiger charge is 2.28. The van der Waals surface area contributed by atoms with Crippen molar-refractivity contribution in [3.05, 3.63) is 53.9 Å². The first-order valence-corrected chi connectivity index (χ1v) is 12.7. The first-order chi connectivity index (χ1) is 16.2. The number of pyridine rings is 1. The molecule has 0 atom stereocenters. The Bertz CT molecular complexity index is 1250. The molecule has 5 heterocycles. The Morgan fingerprint density at radius 2 is 1.79 bits per heavy atom. The van der Waals surface area contributed by atoms with Gasteiger partial charge in [-0.05, 0) is 107 Å². The lowest BCUT2D eigenvalue weighted by molar-refractivity contribution is 0.0966. The van der Waals surface area contributed by atoms with Gasteiger partial charge in [0.1, 0.15) is 5.65 Å². The standard InChI is InChI=1S/C28H35N5/c1-3-22-25-18-20(19-8-16-33(17-9-19)21-10-14-32(2)15-11-21)4-5-26(25)31-27(22)23-6-12-29-28-24(23)7-13-30-28/h4-7,12-13,18-19,21,31H,3,8-11,14-17H2,1-2H3,(H,29,30). The Labute approximate surface area is 196 Å². The molecule has 5 heteroatoms. The monoisotopic (exact) mass is 441 g/mol. The fraction of sp³-hybridized carbons (Fsp3) is 0.464. The van der Waals surface area contributed by atoms with Gasteiger partial charge in [0, 0.05) is 40.3 Å². The highest BCUT2D eigenvalue weighted by atomic mass is 15.2. The third-order valence-corrected chi connectivity index (χ3v) is 8.22. The minimum absolute atomic E-state index is 0.678. The van der Waals surface area contributed by atoms with Crippen LogP contribution in [0.15, 0.2) is 42.7 Å². The third-order valence-electron chi connectivity index (χ3n) is 8.22. The first-order valence-electron chi connectivity index (χ1n) is 12.7. The molecule has 0 amide bonds. The summed E-state index contributed by atoms with van der Waals surface area (Å²) in [5.74, 6) is 0.678. The van der Waals surface area contributed by atoms with Crippen molar-refractivity contribution in [1.82, 2.24) is 24.8 Å². The Morgan fingerprint density at radius 3 is 2.58 bits per heavy atom. The molecule has 0 aliphatic carbocycles. The average molecular weight is 442 g/mol. The fourth-order valence-electron chi connectivity index (χ4n) is 6.25. The SMILES string of the molecule is CCc1c(-c2ccnc3[nH]ccc23)[nH]c2ccc(C3CCN(C4CCN(C)CC4)CC3)cc12. The zero-order chi connectivity index (χ0) is 22.4. The summed E-state index contributed by atoms with van der Waals surface area (Å²) in [6.07, 6.45) is 10.1. The summed E-state index contributed by atoms with van der Waals surface area (Å²) in [4.78, 5) is 16.7. The average Bonchev–Trinajstić information content (AvgIpc) is 3.48. The molecule has 0 bridgehead atoms. The van der Waals surface area contributed by atoms with Crippen molar-refractivity contribution < 1.29 is 0 Å². The zero-order valence-electron chi connectivity index (χ0n) is 19.9. The van der Waals surface area contributed by atoms with Gasteiger partial charge in [-0.2, -0.15) is 0 Å². The number of aryl methyl sites for hydroxylation is 1. The number of nitrogens with one attached hydrogen (secondary N) is 2. The molecule has 1 aromatic carbocycles. The number of aromatic amines is 2. The summed E-state index contributed by atoms with van der Waals surface area (Å²) in [5.41, 5.74) is 7.62. The van der Waals surface area contributed by atoms with Crippen molar-refractivity contribution in [2.75, 3.05) is 33.2 Å². The molecule has 2 aliphatic rings. The van der Waals surface area contributed by atoms with E-state index in [0.717, 1.165) is 18.1 Å². The molecule has 6 rings (SSSR count). The third kappa shape index (κ3) is 3.77. The van der Waals surface area contributed by atoms with Crippen LogP contribution in [-0.4, -0.2) is 64.0 Å². The zero-order valence-corrected chi connectivity index (χ0v) is 19.9. The van der Waals surface area contributed by atoms with Crippen LogP contribution in [0.5, 0.6) is 0 Å². The Balaban J connectivity index is 1.26. The number of benzene rings is 1. The van der Waals surface area contributed by atoms with Gasteiger partial charge in [-0.3, -0.25) is 0 Å². The van der Waals surface area contributed by atoms with Crippen molar-refractivity contribution in [3.63, 3.8) is 0 Å². The second kappa shape index (κ2) is 8.62. The maximum Gasteiger partial charge on any atom is 0.137 e. The summed E-state index contributed by atoms with van der Waals surface area (Å²) in [6.45, 7) is 7.28. The second-order valence-corrected chi connectivity index (χ2v) is 10.1. The van der Waals surface area contributed by atoms with E-state index in [2.05, 4.69) is 69.1 Å². The summed E-state index contributed by atoms with van der Waals surface area (Å²) in [5, 5.41) is 2.57. The predicted octanol–water partition coefficient (Wildman–Crippen LogP) is 5.55. The smallest absolute Gasteiger partial charge is 0.137 e. The van der Waals surface area contributed by atoms with Crippen LogP contribution in [0.4, 0.5) is 0 Å². The largest absolute Gasteiger partial charge is 0.354 e. The summed E-state index contributed by atoms with van der Waals surface area (Å²) in [7, 11) is 2.26. The lowest BCUT2D eigenvalue weighted by atomic mass is 9.87. The topological polar surface area (TPSA) is 51.0 Å². The summed E-state index contributed by atoms with van der Waals surface area (Å²) >= 11 is 0. The van der Waals surface area contributed by atoms with E-state index in [1.165, 1.54) is 90.5 Å². The van der Waals surface area contributed by atoms with Crippen LogP contribution in [0.1, 0.15) is 49.7 Å². The molecule has 4 aromatic rings. The van der Waals surface area contributed by atoms with Crippen molar-refractivity contribution in [1.29, 1.82) is 0 Å². The van der Waals surface area contributed by atoms with Crippen LogP contribution in [0.3, 0.4) is 0 Å². The van der Waals surface area contributed by atoms with Gasteiger partial charge in [0.2, 0.25) is 0 Å². The molecule has 172 valence electrons. The summed E-state index contributed by atoms with van der Waals surface area (Å²) in [6, 6.07) is 12.2. The van der Waals surface area contributed by atoms with E-state index in [1.807, 2.05) is 12.4 Å². The van der Waals surface area contributed by atoms with Crippen molar-refractivity contribution >= 4 is 21.9 Å². The van der Waals surface area contributed by atoms with E-state index in [1.54, 1.807) is 0 Å². The Hall–Kier alpha value is -2.63. The van der Waals surface area contributed by atoms with Gasteiger partial charge in [-0.15, -0.1) is 0 Å². The van der Waals surface area contributed by atoms with Gasteiger partial charge in [0.25, 0.3) is 0 Å². The van der Waals surface area contributed by atoms with Crippen LogP contribution in [0.2, 0.25) is 0 Å². The molecule has 0 radical (unpaired) electrons. The lowest BCUT2D eigenvalue weighted by Crippen LogP contribution is -2.46. The number of nitrogens with zero attached hydrogens (tertiary/aromatic N) is 3. The Morgan fingerprint density at radius 1 is 0.970 bits per heavy atom. The van der Waals surface area contributed by atoms with E-state index >= 15 is 0 Å². The van der Waals surface area contributed by atoms with E-state index in [-0.39, 0.29) is 0 Å². The maximum absolute atomic E-state index is 4.48. The molecule has 2 saturated heterocycles. The molecule has 2 aliphatic heterocycles. The molecule has 0 saturated carbocycles. The van der Waals surface area contributed by atoms with Gasteiger partial charge in [-0.25, -0.2) is 4.98 Å². The minimum Gasteiger partial charge on any atom is -0.354 e. The number of likely N-dealkylation sites (tertiary alicyclic amines) is 2. The fourth-order valence-corrected chi connectivity index (χ4v) is 6.25. The number of hydrogen-bond acceptors (Lipinski definition) is 3. The molecule has 3 aromatic heterocycles. The molecule has 5 nitrogen and oxygen atoms in total. The number of fused-ring (bicyclic) bond motifs is 2. The molecule has 2 fully saturated rings. The summed E-state index contributed by atoms with van der Waals surface area (Å²) < 4.78 is 0. The molecular formula is C28H35N5. The van der Waals surface area contributed by atoms with E-state index in [4.69, 9.17) is 0 Å². The molecule has 2 N–H and O–H groups in total. The van der Waals surface area contributed by atoms with Crippen molar-refractivity contribution in [2.45, 2.75) is 51.0 Å². The van der Waals surface area contributed by atoms with Gasteiger partial charge < -0.3 is 19.8 Å². The highest BCUT2D eigenvalue weighted by Crippen LogP contribution is 2.37. The number of hydrogen-bond donors (Lipinski definition) is 2. The normalized spacial score (nSPS) is 19.7. The van der Waals surface area contributed by atoms with Gasteiger partial charge in [0.05, 0.1) is 5.69 Å². The molecule has 33 heavy (non-hydrogen) atoms. The van der Waals surface area contributed by atoms with Crippen LogP contribution < -0.4 is 0 Å². The van der Waals surface area contributed by atoms with Crippen molar-refractivity contribution in [3.8, 4) is 11.3 Å².